The molecule has 3 rings (SSSR count). The van der Waals surface area contributed by atoms with Gasteiger partial charge < -0.3 is 9.73 Å². The van der Waals surface area contributed by atoms with Crippen molar-refractivity contribution < 1.29 is 8.81 Å². The monoisotopic (exact) mass is 261 g/mol. The first-order valence-electron chi connectivity index (χ1n) is 6.63. The van der Waals surface area contributed by atoms with Gasteiger partial charge in [-0.25, -0.2) is 4.39 Å². The molecule has 0 unspecified atom stereocenters. The fourth-order valence-corrected chi connectivity index (χ4v) is 1.93. The molecule has 1 heterocycles. The van der Waals surface area contributed by atoms with Crippen molar-refractivity contribution >= 4 is 0 Å². The first-order chi connectivity index (χ1) is 9.31. The van der Waals surface area contributed by atoms with Gasteiger partial charge in [-0.05, 0) is 44.0 Å². The minimum Gasteiger partial charge on any atom is -0.421 e. The van der Waals surface area contributed by atoms with Crippen LogP contribution in [0.1, 0.15) is 25.2 Å². The van der Waals surface area contributed by atoms with Crippen molar-refractivity contribution in [2.45, 2.75) is 31.7 Å². The lowest BCUT2D eigenvalue weighted by atomic mass is 10.2. The van der Waals surface area contributed by atoms with Crippen LogP contribution in [-0.4, -0.2) is 22.8 Å². The molecule has 1 N–H and O–H groups in total. The van der Waals surface area contributed by atoms with Crippen molar-refractivity contribution in [1.82, 2.24) is 15.5 Å². The number of benzene rings is 1. The molecule has 0 spiro atoms. The van der Waals surface area contributed by atoms with Gasteiger partial charge in [-0.3, -0.25) is 0 Å². The largest absolute Gasteiger partial charge is 0.421 e. The number of rotatable bonds is 6. The molecule has 0 atom stereocenters. The molecule has 2 aromatic rings. The van der Waals surface area contributed by atoms with E-state index in [0.717, 1.165) is 25.4 Å². The van der Waals surface area contributed by atoms with Crippen LogP contribution in [0.25, 0.3) is 11.5 Å². The molecular formula is C14H16FN3O. The molecule has 1 fully saturated rings. The lowest BCUT2D eigenvalue weighted by Gasteiger charge is -1.99. The minimum atomic E-state index is -0.300. The van der Waals surface area contributed by atoms with Crippen molar-refractivity contribution in [2.24, 2.45) is 0 Å². The number of halogens is 1. The third kappa shape index (κ3) is 3.38. The van der Waals surface area contributed by atoms with Gasteiger partial charge in [0, 0.05) is 18.0 Å². The van der Waals surface area contributed by atoms with E-state index >= 15 is 0 Å². The Morgan fingerprint density at radius 3 is 3.00 bits per heavy atom. The normalized spacial score (nSPS) is 14.8. The van der Waals surface area contributed by atoms with E-state index in [9.17, 15) is 4.39 Å². The Kier molecular flexibility index (Phi) is 3.55. The van der Waals surface area contributed by atoms with Crippen LogP contribution in [0.2, 0.25) is 0 Å². The molecule has 1 aliphatic carbocycles. The van der Waals surface area contributed by atoms with Gasteiger partial charge in [0.1, 0.15) is 5.82 Å². The zero-order chi connectivity index (χ0) is 13.1. The average molecular weight is 261 g/mol. The molecule has 0 saturated heterocycles. The highest BCUT2D eigenvalue weighted by atomic mass is 19.1. The van der Waals surface area contributed by atoms with Gasteiger partial charge in [-0.2, -0.15) is 0 Å². The summed E-state index contributed by atoms with van der Waals surface area (Å²) < 4.78 is 18.6. The van der Waals surface area contributed by atoms with Gasteiger partial charge in [0.05, 0.1) is 0 Å². The van der Waals surface area contributed by atoms with E-state index in [4.69, 9.17) is 4.42 Å². The van der Waals surface area contributed by atoms with E-state index in [1.165, 1.54) is 25.0 Å². The van der Waals surface area contributed by atoms with Gasteiger partial charge in [-0.15, -0.1) is 10.2 Å². The van der Waals surface area contributed by atoms with Gasteiger partial charge in [0.25, 0.3) is 0 Å². The van der Waals surface area contributed by atoms with Gasteiger partial charge >= 0.3 is 0 Å². The van der Waals surface area contributed by atoms with Crippen molar-refractivity contribution in [3.05, 3.63) is 36.0 Å². The molecule has 0 radical (unpaired) electrons. The summed E-state index contributed by atoms with van der Waals surface area (Å²) in [5.41, 5.74) is 0.620. The molecule has 0 amide bonds. The summed E-state index contributed by atoms with van der Waals surface area (Å²) in [5, 5.41) is 11.4. The first kappa shape index (κ1) is 12.3. The van der Waals surface area contributed by atoms with Crippen LogP contribution in [0.3, 0.4) is 0 Å². The second-order valence-electron chi connectivity index (χ2n) is 4.84. The van der Waals surface area contributed by atoms with E-state index < -0.39 is 0 Å². The summed E-state index contributed by atoms with van der Waals surface area (Å²) >= 11 is 0. The molecule has 1 aromatic heterocycles. The summed E-state index contributed by atoms with van der Waals surface area (Å²) in [5.74, 6) is 0.687. The summed E-state index contributed by atoms with van der Waals surface area (Å²) in [6.07, 6.45) is 4.32. The van der Waals surface area contributed by atoms with Crippen LogP contribution < -0.4 is 5.32 Å². The van der Waals surface area contributed by atoms with Crippen molar-refractivity contribution in [3.8, 4) is 11.5 Å². The SMILES string of the molecule is Fc1cccc(-c2nnc(CCCNC3CC3)o2)c1. The Balaban J connectivity index is 1.56. The quantitative estimate of drug-likeness (QED) is 0.812. The Bertz CT molecular complexity index is 551. The molecule has 5 heteroatoms. The zero-order valence-electron chi connectivity index (χ0n) is 10.6. The van der Waals surface area contributed by atoms with E-state index in [2.05, 4.69) is 15.5 Å². The highest BCUT2D eigenvalue weighted by Gasteiger charge is 2.19. The molecular weight excluding hydrogens is 245 g/mol. The van der Waals surface area contributed by atoms with Crippen LogP contribution in [-0.2, 0) is 6.42 Å². The van der Waals surface area contributed by atoms with Crippen molar-refractivity contribution in [1.29, 1.82) is 0 Å². The number of nitrogens with zero attached hydrogens (tertiary/aromatic N) is 2. The topological polar surface area (TPSA) is 51.0 Å². The first-order valence-corrected chi connectivity index (χ1v) is 6.63. The van der Waals surface area contributed by atoms with Gasteiger partial charge in [-0.1, -0.05) is 6.07 Å². The minimum absolute atomic E-state index is 0.300. The Hall–Kier alpha value is -1.75. The standard InChI is InChI=1S/C14H16FN3O/c15-11-4-1-3-10(9-11)14-18-17-13(19-14)5-2-8-16-12-6-7-12/h1,3-4,9,12,16H,2,5-8H2. The van der Waals surface area contributed by atoms with Crippen LogP contribution >= 0.6 is 0 Å². The second-order valence-corrected chi connectivity index (χ2v) is 4.84. The van der Waals surface area contributed by atoms with E-state index in [1.54, 1.807) is 12.1 Å². The smallest absolute Gasteiger partial charge is 0.247 e. The molecule has 19 heavy (non-hydrogen) atoms. The summed E-state index contributed by atoms with van der Waals surface area (Å²) in [4.78, 5) is 0. The van der Waals surface area contributed by atoms with Gasteiger partial charge in [0.15, 0.2) is 0 Å². The summed E-state index contributed by atoms with van der Waals surface area (Å²) in [7, 11) is 0. The van der Waals surface area contributed by atoms with Crippen LogP contribution in [0.4, 0.5) is 4.39 Å². The number of aromatic nitrogens is 2. The number of hydrogen-bond acceptors (Lipinski definition) is 4. The summed E-state index contributed by atoms with van der Waals surface area (Å²) in [6.45, 7) is 0.975. The van der Waals surface area contributed by atoms with E-state index in [0.29, 0.717) is 17.3 Å². The lowest BCUT2D eigenvalue weighted by molar-refractivity contribution is 0.490. The number of hydrogen-bond donors (Lipinski definition) is 1. The maximum atomic E-state index is 13.1. The molecule has 1 aromatic carbocycles. The Morgan fingerprint density at radius 2 is 2.21 bits per heavy atom. The second kappa shape index (κ2) is 5.48. The fraction of sp³-hybridized carbons (Fsp3) is 0.429. The molecule has 0 aliphatic heterocycles. The highest BCUT2D eigenvalue weighted by molar-refractivity contribution is 5.52. The predicted molar refractivity (Wildman–Crippen MR) is 69.0 cm³/mol. The zero-order valence-corrected chi connectivity index (χ0v) is 10.6. The third-order valence-electron chi connectivity index (χ3n) is 3.12. The third-order valence-corrected chi connectivity index (χ3v) is 3.12. The average Bonchev–Trinajstić information content (AvgIpc) is 3.11. The molecule has 1 aliphatic rings. The predicted octanol–water partition coefficient (Wildman–Crippen LogP) is 2.56. The van der Waals surface area contributed by atoms with E-state index in [-0.39, 0.29) is 5.82 Å². The van der Waals surface area contributed by atoms with Crippen LogP contribution in [0.15, 0.2) is 28.7 Å². The molecule has 4 nitrogen and oxygen atoms in total. The maximum Gasteiger partial charge on any atom is 0.247 e. The molecule has 0 bridgehead atoms. The Morgan fingerprint density at radius 1 is 1.32 bits per heavy atom. The highest BCUT2D eigenvalue weighted by Crippen LogP contribution is 2.20. The van der Waals surface area contributed by atoms with Crippen molar-refractivity contribution in [2.75, 3.05) is 6.54 Å². The maximum absolute atomic E-state index is 13.1. The molecule has 100 valence electrons. The van der Waals surface area contributed by atoms with Crippen molar-refractivity contribution in [3.63, 3.8) is 0 Å². The molecule has 1 saturated carbocycles. The van der Waals surface area contributed by atoms with Crippen LogP contribution in [0, 0.1) is 5.82 Å². The Labute approximate surface area is 111 Å². The lowest BCUT2D eigenvalue weighted by Crippen LogP contribution is -2.17. The summed E-state index contributed by atoms with van der Waals surface area (Å²) in [6, 6.07) is 6.91. The van der Waals surface area contributed by atoms with E-state index in [1.807, 2.05) is 0 Å². The van der Waals surface area contributed by atoms with Crippen LogP contribution in [0.5, 0.6) is 0 Å². The van der Waals surface area contributed by atoms with Gasteiger partial charge in [0.2, 0.25) is 11.8 Å². The fourth-order valence-electron chi connectivity index (χ4n) is 1.93. The number of nitrogens with one attached hydrogen (secondary N) is 1. The number of aryl methyl sites for hydroxylation is 1.